The van der Waals surface area contributed by atoms with Crippen molar-refractivity contribution in [1.29, 1.82) is 0 Å². The largest absolute Gasteiger partial charge is 0.493 e. The number of esters is 1. The van der Waals surface area contributed by atoms with E-state index in [0.717, 1.165) is 39.7 Å². The van der Waals surface area contributed by atoms with Crippen molar-refractivity contribution in [2.24, 2.45) is 0 Å². The normalized spacial score (nSPS) is 12.7. The van der Waals surface area contributed by atoms with Gasteiger partial charge >= 0.3 is 5.97 Å². The van der Waals surface area contributed by atoms with Crippen LogP contribution in [-0.2, 0) is 22.4 Å². The zero-order valence-corrected chi connectivity index (χ0v) is 18.9. The molecule has 0 unspecified atom stereocenters. The van der Waals surface area contributed by atoms with E-state index < -0.39 is 0 Å². The Hall–Kier alpha value is -2.32. The van der Waals surface area contributed by atoms with Crippen molar-refractivity contribution in [3.63, 3.8) is 0 Å². The van der Waals surface area contributed by atoms with Crippen LogP contribution in [0.4, 0.5) is 5.00 Å². The summed E-state index contributed by atoms with van der Waals surface area (Å²) in [7, 11) is 3.11. The number of rotatable bonds is 7. The first-order valence-electron chi connectivity index (χ1n) is 9.20. The van der Waals surface area contributed by atoms with Crippen molar-refractivity contribution < 1.29 is 23.8 Å². The Labute approximate surface area is 182 Å². The number of hydrogen-bond donors (Lipinski definition) is 1. The van der Waals surface area contributed by atoms with Gasteiger partial charge in [-0.1, -0.05) is 0 Å². The smallest absolute Gasteiger partial charge is 0.341 e. The van der Waals surface area contributed by atoms with Crippen molar-refractivity contribution in [2.45, 2.75) is 26.2 Å². The number of thiophene rings is 1. The fourth-order valence-electron chi connectivity index (χ4n) is 3.27. The van der Waals surface area contributed by atoms with Crippen molar-refractivity contribution in [1.82, 2.24) is 0 Å². The van der Waals surface area contributed by atoms with Crippen LogP contribution in [0.2, 0.25) is 0 Å². The number of carbonyl (C=O) groups is 2. The zero-order chi connectivity index (χ0) is 21.0. The van der Waals surface area contributed by atoms with Crippen LogP contribution in [0, 0.1) is 0 Å². The maximum atomic E-state index is 12.5. The lowest BCUT2D eigenvalue weighted by atomic mass is 10.1. The van der Waals surface area contributed by atoms with Gasteiger partial charge in [0.1, 0.15) is 5.00 Å². The third-order valence-corrected chi connectivity index (χ3v) is 6.32. The summed E-state index contributed by atoms with van der Waals surface area (Å²) in [4.78, 5) is 26.0. The summed E-state index contributed by atoms with van der Waals surface area (Å²) in [5.74, 6) is 0.443. The van der Waals surface area contributed by atoms with Crippen molar-refractivity contribution in [2.75, 3.05) is 26.1 Å². The quantitative estimate of drug-likeness (QED) is 0.453. The van der Waals surface area contributed by atoms with E-state index in [1.54, 1.807) is 33.3 Å². The topological polar surface area (TPSA) is 73.9 Å². The predicted octanol–water partition coefficient (Wildman–Crippen LogP) is 4.85. The molecule has 0 radical (unpaired) electrons. The standard InChI is InChI=1S/C21H22BrNO5S/c1-4-28-21(25)18-13-6-5-7-16(13)29-20(18)23-17(24)9-8-12-10-14(22)19(27-3)15(11-12)26-2/h8-11H,4-7H2,1-3H3,(H,23,24). The Balaban J connectivity index is 1.80. The van der Waals surface area contributed by atoms with Gasteiger partial charge in [0.15, 0.2) is 11.5 Å². The summed E-state index contributed by atoms with van der Waals surface area (Å²) >= 11 is 4.89. The van der Waals surface area contributed by atoms with E-state index in [4.69, 9.17) is 14.2 Å². The molecule has 0 atom stereocenters. The van der Waals surface area contributed by atoms with E-state index >= 15 is 0 Å². The third-order valence-electron chi connectivity index (χ3n) is 4.52. The van der Waals surface area contributed by atoms with Gasteiger partial charge in [0.25, 0.3) is 0 Å². The molecule has 1 amide bonds. The van der Waals surface area contributed by atoms with Crippen LogP contribution in [0.25, 0.3) is 6.08 Å². The Morgan fingerprint density at radius 1 is 1.24 bits per heavy atom. The van der Waals surface area contributed by atoms with Crippen LogP contribution >= 0.6 is 27.3 Å². The number of benzene rings is 1. The summed E-state index contributed by atoms with van der Waals surface area (Å²) in [5.41, 5.74) is 2.28. The molecule has 1 aliphatic carbocycles. The van der Waals surface area contributed by atoms with Gasteiger partial charge in [0, 0.05) is 11.0 Å². The molecule has 0 aliphatic heterocycles. The first-order valence-corrected chi connectivity index (χ1v) is 10.8. The lowest BCUT2D eigenvalue weighted by Crippen LogP contribution is -2.13. The molecule has 8 heteroatoms. The minimum absolute atomic E-state index is 0.297. The van der Waals surface area contributed by atoms with E-state index in [2.05, 4.69) is 21.2 Å². The molecule has 1 aromatic carbocycles. The number of hydrogen-bond acceptors (Lipinski definition) is 6. The number of nitrogens with one attached hydrogen (secondary N) is 1. The van der Waals surface area contributed by atoms with Crippen LogP contribution in [0.1, 0.15) is 39.7 Å². The van der Waals surface area contributed by atoms with Gasteiger partial charge in [0.2, 0.25) is 5.91 Å². The van der Waals surface area contributed by atoms with Crippen LogP contribution in [0.3, 0.4) is 0 Å². The van der Waals surface area contributed by atoms with E-state index in [-0.39, 0.29) is 11.9 Å². The molecular weight excluding hydrogens is 458 g/mol. The minimum atomic E-state index is -0.380. The molecule has 3 rings (SSSR count). The van der Waals surface area contributed by atoms with Gasteiger partial charge < -0.3 is 19.5 Å². The molecule has 1 aromatic heterocycles. The Kier molecular flexibility index (Phi) is 6.97. The fourth-order valence-corrected chi connectivity index (χ4v) is 5.17. The lowest BCUT2D eigenvalue weighted by Gasteiger charge is -2.10. The SMILES string of the molecule is CCOC(=O)c1c(NC(=O)C=Cc2cc(Br)c(OC)c(OC)c2)sc2c1CCC2. The van der Waals surface area contributed by atoms with Gasteiger partial charge in [-0.15, -0.1) is 11.3 Å². The Morgan fingerprint density at radius 2 is 2.03 bits per heavy atom. The highest BCUT2D eigenvalue weighted by Gasteiger charge is 2.28. The van der Waals surface area contributed by atoms with Gasteiger partial charge in [0.05, 0.1) is 30.9 Å². The highest BCUT2D eigenvalue weighted by Crippen LogP contribution is 2.40. The number of ether oxygens (including phenoxy) is 3. The van der Waals surface area contributed by atoms with Gasteiger partial charge in [-0.2, -0.15) is 0 Å². The van der Waals surface area contributed by atoms with Gasteiger partial charge in [-0.05, 0) is 71.5 Å². The van der Waals surface area contributed by atoms with Crippen molar-refractivity contribution in [3.8, 4) is 11.5 Å². The Morgan fingerprint density at radius 3 is 2.72 bits per heavy atom. The van der Waals surface area contributed by atoms with Crippen LogP contribution < -0.4 is 14.8 Å². The molecule has 1 heterocycles. The van der Waals surface area contributed by atoms with Crippen molar-refractivity contribution >= 4 is 50.2 Å². The van der Waals surface area contributed by atoms with E-state index in [1.165, 1.54) is 17.4 Å². The molecule has 0 saturated heterocycles. The number of anilines is 1. The molecule has 0 saturated carbocycles. The molecular formula is C21H22BrNO5S. The second-order valence-corrected chi connectivity index (χ2v) is 8.30. The number of carbonyl (C=O) groups excluding carboxylic acids is 2. The lowest BCUT2D eigenvalue weighted by molar-refractivity contribution is -0.111. The number of amides is 1. The summed E-state index contributed by atoms with van der Waals surface area (Å²) in [5, 5.41) is 3.39. The number of halogens is 1. The van der Waals surface area contributed by atoms with E-state index in [1.807, 2.05) is 6.07 Å². The van der Waals surface area contributed by atoms with Gasteiger partial charge in [-0.25, -0.2) is 4.79 Å². The van der Waals surface area contributed by atoms with E-state index in [9.17, 15) is 9.59 Å². The maximum absolute atomic E-state index is 12.5. The monoisotopic (exact) mass is 479 g/mol. The molecule has 154 valence electrons. The maximum Gasteiger partial charge on any atom is 0.341 e. The first-order chi connectivity index (χ1) is 14.0. The molecule has 1 N–H and O–H groups in total. The summed E-state index contributed by atoms with van der Waals surface area (Å²) in [6.45, 7) is 2.07. The summed E-state index contributed by atoms with van der Waals surface area (Å²) in [6, 6.07) is 3.60. The number of methoxy groups -OCH3 is 2. The molecule has 6 nitrogen and oxygen atoms in total. The Bertz CT molecular complexity index is 966. The van der Waals surface area contributed by atoms with Crippen LogP contribution in [0.15, 0.2) is 22.7 Å². The summed E-state index contributed by atoms with van der Waals surface area (Å²) in [6.07, 6.45) is 5.89. The fraction of sp³-hybridized carbons (Fsp3) is 0.333. The van der Waals surface area contributed by atoms with Crippen LogP contribution in [0.5, 0.6) is 11.5 Å². The third kappa shape index (κ3) is 4.64. The number of aryl methyl sites for hydroxylation is 1. The minimum Gasteiger partial charge on any atom is -0.493 e. The molecule has 2 aromatic rings. The second kappa shape index (κ2) is 9.45. The average molecular weight is 480 g/mol. The predicted molar refractivity (Wildman–Crippen MR) is 117 cm³/mol. The second-order valence-electron chi connectivity index (χ2n) is 6.34. The molecule has 29 heavy (non-hydrogen) atoms. The highest BCUT2D eigenvalue weighted by molar-refractivity contribution is 9.10. The highest BCUT2D eigenvalue weighted by atomic mass is 79.9. The zero-order valence-electron chi connectivity index (χ0n) is 16.5. The first kappa shape index (κ1) is 21.4. The molecule has 0 fully saturated rings. The average Bonchev–Trinajstić information content (AvgIpc) is 3.26. The van der Waals surface area contributed by atoms with Gasteiger partial charge in [-0.3, -0.25) is 4.79 Å². The van der Waals surface area contributed by atoms with E-state index in [0.29, 0.717) is 28.7 Å². The van der Waals surface area contributed by atoms with Crippen molar-refractivity contribution in [3.05, 3.63) is 44.2 Å². The number of fused-ring (bicyclic) bond motifs is 1. The molecule has 1 aliphatic rings. The summed E-state index contributed by atoms with van der Waals surface area (Å²) < 4.78 is 16.5. The van der Waals surface area contributed by atoms with Crippen LogP contribution in [-0.4, -0.2) is 32.7 Å². The molecule has 0 spiro atoms. The molecule has 0 bridgehead atoms.